The van der Waals surface area contributed by atoms with Crippen LogP contribution in [0.2, 0.25) is 0 Å². The first-order valence-electron chi connectivity index (χ1n) is 7.07. The maximum Gasteiger partial charge on any atom is 0.303 e. The lowest BCUT2D eigenvalue weighted by Gasteiger charge is -2.12. The summed E-state index contributed by atoms with van der Waals surface area (Å²) < 4.78 is 0. The second-order valence-electron chi connectivity index (χ2n) is 5.93. The number of benzene rings is 1. The molecule has 0 aliphatic heterocycles. The fourth-order valence-corrected chi connectivity index (χ4v) is 3.55. The van der Waals surface area contributed by atoms with Crippen molar-refractivity contribution >= 4 is 29.3 Å². The Bertz CT molecular complexity index is 552. The topological polar surface area (TPSA) is 66.4 Å². The molecule has 21 heavy (non-hydrogen) atoms. The van der Waals surface area contributed by atoms with Gasteiger partial charge in [0.1, 0.15) is 0 Å². The van der Waals surface area contributed by atoms with Crippen molar-refractivity contribution in [2.45, 2.75) is 33.1 Å². The van der Waals surface area contributed by atoms with Gasteiger partial charge in [0.15, 0.2) is 0 Å². The van der Waals surface area contributed by atoms with Crippen LogP contribution in [-0.2, 0) is 9.59 Å². The number of anilines is 1. The molecule has 1 aliphatic rings. The third-order valence-corrected chi connectivity index (χ3v) is 5.06. The lowest BCUT2D eigenvalue weighted by atomic mass is 10.1. The largest absolute Gasteiger partial charge is 0.481 e. The zero-order chi connectivity index (χ0) is 15.5. The number of nitrogens with one attached hydrogen (secondary N) is 1. The lowest BCUT2D eigenvalue weighted by Crippen LogP contribution is -2.17. The summed E-state index contributed by atoms with van der Waals surface area (Å²) >= 11 is 1.53. The summed E-state index contributed by atoms with van der Waals surface area (Å²) in [6.45, 7) is 3.99. The zero-order valence-electron chi connectivity index (χ0n) is 12.4. The Morgan fingerprint density at radius 1 is 1.33 bits per heavy atom. The average molecular weight is 307 g/mol. The minimum atomic E-state index is -0.743. The first kappa shape index (κ1) is 15.9. The van der Waals surface area contributed by atoms with Crippen molar-refractivity contribution in [2.75, 3.05) is 16.8 Å². The highest BCUT2D eigenvalue weighted by Crippen LogP contribution is 2.50. The van der Waals surface area contributed by atoms with Crippen LogP contribution in [-0.4, -0.2) is 28.5 Å². The molecule has 0 atom stereocenters. The molecule has 2 rings (SSSR count). The highest BCUT2D eigenvalue weighted by atomic mass is 32.2. The van der Waals surface area contributed by atoms with Crippen molar-refractivity contribution in [2.24, 2.45) is 5.41 Å². The Hall–Kier alpha value is -1.49. The molecule has 0 spiro atoms. The van der Waals surface area contributed by atoms with E-state index in [1.165, 1.54) is 17.3 Å². The number of hydrogen-bond acceptors (Lipinski definition) is 3. The minimum Gasteiger partial charge on any atom is -0.481 e. The summed E-state index contributed by atoms with van der Waals surface area (Å²) in [6.07, 6.45) is 2.15. The molecule has 4 nitrogen and oxygen atoms in total. The quantitative estimate of drug-likeness (QED) is 0.811. The standard InChI is InChI=1S/C16H21NO3S/c1-11-3-4-13(12(2)7-11)17-14(18)9-21-10-16(5-6-16)8-15(19)20/h3-4,7H,5-6,8-10H2,1-2H3,(H,17,18)(H,19,20). The summed E-state index contributed by atoms with van der Waals surface area (Å²) in [6, 6.07) is 5.93. The number of amides is 1. The highest BCUT2D eigenvalue weighted by Gasteiger charge is 2.44. The van der Waals surface area contributed by atoms with Gasteiger partial charge in [0.25, 0.3) is 0 Å². The van der Waals surface area contributed by atoms with Crippen molar-refractivity contribution in [1.82, 2.24) is 0 Å². The van der Waals surface area contributed by atoms with Gasteiger partial charge in [0, 0.05) is 5.69 Å². The molecule has 1 fully saturated rings. The Balaban J connectivity index is 1.76. The highest BCUT2D eigenvalue weighted by molar-refractivity contribution is 8.00. The summed E-state index contributed by atoms with van der Waals surface area (Å²) in [7, 11) is 0. The molecule has 0 radical (unpaired) electrons. The van der Waals surface area contributed by atoms with Crippen LogP contribution in [0.25, 0.3) is 0 Å². The number of aryl methyl sites for hydroxylation is 2. The lowest BCUT2D eigenvalue weighted by molar-refractivity contribution is -0.138. The van der Waals surface area contributed by atoms with Crippen molar-refractivity contribution in [3.63, 3.8) is 0 Å². The van der Waals surface area contributed by atoms with E-state index >= 15 is 0 Å². The van der Waals surface area contributed by atoms with Crippen LogP contribution in [0.4, 0.5) is 5.69 Å². The summed E-state index contributed by atoms with van der Waals surface area (Å²) in [5.74, 6) is 0.347. The molecule has 5 heteroatoms. The number of carbonyl (C=O) groups is 2. The van der Waals surface area contributed by atoms with Gasteiger partial charge in [0.2, 0.25) is 5.91 Å². The van der Waals surface area contributed by atoms with Crippen molar-refractivity contribution in [3.8, 4) is 0 Å². The molecular formula is C16H21NO3S. The van der Waals surface area contributed by atoms with Crippen LogP contribution >= 0.6 is 11.8 Å². The van der Waals surface area contributed by atoms with Gasteiger partial charge in [-0.05, 0) is 49.5 Å². The number of hydrogen-bond donors (Lipinski definition) is 2. The second-order valence-corrected chi connectivity index (χ2v) is 6.92. The van der Waals surface area contributed by atoms with Gasteiger partial charge < -0.3 is 10.4 Å². The Morgan fingerprint density at radius 2 is 2.05 bits per heavy atom. The Labute approximate surface area is 129 Å². The number of aliphatic carboxylic acids is 1. The third kappa shape index (κ3) is 4.77. The normalized spacial score (nSPS) is 15.5. The molecule has 1 saturated carbocycles. The fourth-order valence-electron chi connectivity index (χ4n) is 2.37. The summed E-state index contributed by atoms with van der Waals surface area (Å²) in [4.78, 5) is 22.7. The van der Waals surface area contributed by atoms with E-state index in [0.29, 0.717) is 5.75 Å². The predicted octanol–water partition coefficient (Wildman–Crippen LogP) is 3.23. The van der Waals surface area contributed by atoms with Gasteiger partial charge in [-0.3, -0.25) is 9.59 Å². The zero-order valence-corrected chi connectivity index (χ0v) is 13.3. The first-order valence-corrected chi connectivity index (χ1v) is 8.22. The van der Waals surface area contributed by atoms with E-state index in [2.05, 4.69) is 5.32 Å². The Morgan fingerprint density at radius 3 is 2.62 bits per heavy atom. The van der Waals surface area contributed by atoms with Crippen LogP contribution in [0.5, 0.6) is 0 Å². The van der Waals surface area contributed by atoms with E-state index in [4.69, 9.17) is 5.11 Å². The van der Waals surface area contributed by atoms with Crippen LogP contribution < -0.4 is 5.32 Å². The van der Waals surface area contributed by atoms with Crippen LogP contribution in [0.3, 0.4) is 0 Å². The maximum absolute atomic E-state index is 11.9. The third-order valence-electron chi connectivity index (χ3n) is 3.78. The maximum atomic E-state index is 11.9. The van der Waals surface area contributed by atoms with Crippen LogP contribution in [0, 0.1) is 19.3 Å². The number of rotatable bonds is 7. The number of carboxylic acids is 1. The van der Waals surface area contributed by atoms with Gasteiger partial charge in [-0.1, -0.05) is 17.7 Å². The van der Waals surface area contributed by atoms with Crippen molar-refractivity contribution in [1.29, 1.82) is 0 Å². The number of thioether (sulfide) groups is 1. The van der Waals surface area contributed by atoms with Gasteiger partial charge in [-0.2, -0.15) is 11.8 Å². The smallest absolute Gasteiger partial charge is 0.303 e. The van der Waals surface area contributed by atoms with Gasteiger partial charge in [-0.25, -0.2) is 0 Å². The predicted molar refractivity (Wildman–Crippen MR) is 85.8 cm³/mol. The first-order chi connectivity index (χ1) is 9.90. The molecule has 1 aromatic carbocycles. The average Bonchev–Trinajstić information content (AvgIpc) is 3.11. The molecule has 1 aromatic rings. The number of carbonyl (C=O) groups excluding carboxylic acids is 1. The van der Waals surface area contributed by atoms with E-state index in [1.807, 2.05) is 32.0 Å². The minimum absolute atomic E-state index is 0.0296. The van der Waals surface area contributed by atoms with E-state index in [0.717, 1.165) is 29.8 Å². The van der Waals surface area contributed by atoms with Crippen molar-refractivity contribution in [3.05, 3.63) is 29.3 Å². The van der Waals surface area contributed by atoms with Gasteiger partial charge >= 0.3 is 5.97 Å². The second kappa shape index (κ2) is 6.52. The molecule has 0 heterocycles. The Kier molecular flexibility index (Phi) is 4.93. The molecule has 2 N–H and O–H groups in total. The van der Waals surface area contributed by atoms with E-state index in [9.17, 15) is 9.59 Å². The van der Waals surface area contributed by atoms with E-state index < -0.39 is 5.97 Å². The van der Waals surface area contributed by atoms with E-state index in [-0.39, 0.29) is 17.7 Å². The molecule has 0 saturated heterocycles. The monoisotopic (exact) mass is 307 g/mol. The molecule has 0 unspecified atom stereocenters. The molecule has 1 amide bonds. The SMILES string of the molecule is Cc1ccc(NC(=O)CSCC2(CC(=O)O)CC2)c(C)c1. The summed E-state index contributed by atoms with van der Waals surface area (Å²) in [5, 5.41) is 11.8. The molecule has 1 aliphatic carbocycles. The fraction of sp³-hybridized carbons (Fsp3) is 0.500. The molecule has 114 valence electrons. The number of carboxylic acid groups (broad SMARTS) is 1. The molecule has 0 bridgehead atoms. The van der Waals surface area contributed by atoms with Gasteiger partial charge in [-0.15, -0.1) is 0 Å². The van der Waals surface area contributed by atoms with Gasteiger partial charge in [0.05, 0.1) is 12.2 Å². The van der Waals surface area contributed by atoms with Crippen LogP contribution in [0.1, 0.15) is 30.4 Å². The van der Waals surface area contributed by atoms with Crippen molar-refractivity contribution < 1.29 is 14.7 Å². The molecular weight excluding hydrogens is 286 g/mol. The van der Waals surface area contributed by atoms with E-state index in [1.54, 1.807) is 0 Å². The van der Waals surface area contributed by atoms with Crippen LogP contribution in [0.15, 0.2) is 18.2 Å². The molecule has 0 aromatic heterocycles. The summed E-state index contributed by atoms with van der Waals surface area (Å²) in [5.41, 5.74) is 3.01.